The molecular weight excluding hydrogens is 372 g/mol. The van der Waals surface area contributed by atoms with Crippen molar-refractivity contribution in [1.29, 1.82) is 0 Å². The number of nitrogens with zero attached hydrogens (tertiary/aromatic N) is 1. The summed E-state index contributed by atoms with van der Waals surface area (Å²) >= 11 is 5.86. The van der Waals surface area contributed by atoms with Crippen LogP contribution in [0.25, 0.3) is 11.1 Å². The molecule has 8 nitrogen and oxygen atoms in total. The number of aliphatic carboxylic acids is 2. The first-order valence-corrected chi connectivity index (χ1v) is 8.77. The number of aromatic nitrogens is 2. The lowest BCUT2D eigenvalue weighted by molar-refractivity contribution is -0.346. The molecule has 0 atom stereocenters. The van der Waals surface area contributed by atoms with Gasteiger partial charge in [0.2, 0.25) is 5.82 Å². The minimum Gasteiger partial charge on any atom is -0.550 e. The summed E-state index contributed by atoms with van der Waals surface area (Å²) in [4.78, 5) is 26.8. The van der Waals surface area contributed by atoms with Crippen LogP contribution in [0.4, 0.5) is 11.8 Å². The molecule has 0 aliphatic heterocycles. The van der Waals surface area contributed by atoms with E-state index >= 15 is 0 Å². The third-order valence-corrected chi connectivity index (χ3v) is 3.82. The Morgan fingerprint density at radius 3 is 2.30 bits per heavy atom. The lowest BCUT2D eigenvalue weighted by Crippen LogP contribution is -2.21. The van der Waals surface area contributed by atoms with E-state index in [1.54, 1.807) is 0 Å². The van der Waals surface area contributed by atoms with Crippen molar-refractivity contribution < 1.29 is 24.8 Å². The lowest BCUT2D eigenvalue weighted by Gasteiger charge is -2.07. The lowest BCUT2D eigenvalue weighted by atomic mass is 10.0. The van der Waals surface area contributed by atoms with Crippen molar-refractivity contribution in [2.75, 3.05) is 11.5 Å². The zero-order chi connectivity index (χ0) is 20.4. The number of rotatable bonds is 7. The van der Waals surface area contributed by atoms with Gasteiger partial charge >= 0.3 is 11.9 Å². The molecule has 0 radical (unpaired) electrons. The molecule has 2 aromatic rings. The fraction of sp³-hybridized carbons (Fsp3) is 0.333. The first-order valence-electron chi connectivity index (χ1n) is 8.39. The fourth-order valence-corrected chi connectivity index (χ4v) is 2.45. The number of carboxylic acid groups (broad SMARTS) is 2. The summed E-state index contributed by atoms with van der Waals surface area (Å²) in [7, 11) is 0. The number of unbranched alkanes of at least 4 members (excludes halogenated alkanes) is 1. The molecule has 27 heavy (non-hydrogen) atoms. The largest absolute Gasteiger partial charge is 0.550 e. The molecule has 0 saturated carbocycles. The van der Waals surface area contributed by atoms with Gasteiger partial charge < -0.3 is 26.5 Å². The number of hydrogen-bond donors (Lipinski definition) is 3. The van der Waals surface area contributed by atoms with Crippen molar-refractivity contribution in [2.45, 2.75) is 39.0 Å². The Balaban J connectivity index is 0.000000314. The summed E-state index contributed by atoms with van der Waals surface area (Å²) in [5.41, 5.74) is 14.3. The molecule has 1 heterocycles. The number of carboxylic acids is 2. The summed E-state index contributed by atoms with van der Waals surface area (Å²) in [5.74, 6) is -1.16. The molecule has 0 fully saturated rings. The van der Waals surface area contributed by atoms with Gasteiger partial charge in [0.05, 0.1) is 5.56 Å². The Morgan fingerprint density at radius 1 is 1.19 bits per heavy atom. The van der Waals surface area contributed by atoms with E-state index in [2.05, 4.69) is 9.97 Å². The van der Waals surface area contributed by atoms with Crippen molar-refractivity contribution in [3.8, 4) is 11.1 Å². The van der Waals surface area contributed by atoms with Gasteiger partial charge in [-0.25, -0.2) is 4.98 Å². The molecule has 0 amide bonds. The standard InChI is InChI=1S/C12H13ClN4.C6H10O4/c1-2-9-10(11(14)17-12(15)16-9)7-3-5-8(13)6-4-7;7-5(8)3-1-2-4-6(9)10/h3-6H,2H2,1H3,(H4,14,15,16,17);1-4H2,(H,7,8)(H,9,10). The van der Waals surface area contributed by atoms with E-state index in [9.17, 15) is 14.7 Å². The van der Waals surface area contributed by atoms with E-state index in [4.69, 9.17) is 28.2 Å². The molecule has 0 unspecified atom stereocenters. The van der Waals surface area contributed by atoms with Crippen LogP contribution in [0.1, 0.15) is 38.3 Å². The van der Waals surface area contributed by atoms with E-state index in [0.717, 1.165) is 23.2 Å². The van der Waals surface area contributed by atoms with Crippen molar-refractivity contribution >= 4 is 35.3 Å². The van der Waals surface area contributed by atoms with Gasteiger partial charge in [0.1, 0.15) is 5.69 Å². The van der Waals surface area contributed by atoms with E-state index in [1.807, 2.05) is 31.2 Å². The Bertz CT molecular complexity index is 766. The molecule has 146 valence electrons. The normalized spacial score (nSPS) is 10.0. The Morgan fingerprint density at radius 2 is 1.78 bits per heavy atom. The Kier molecular flexibility index (Phi) is 9.01. The molecule has 0 spiro atoms. The van der Waals surface area contributed by atoms with Crippen molar-refractivity contribution in [3.05, 3.63) is 35.0 Å². The second-order valence-electron chi connectivity index (χ2n) is 5.69. The van der Waals surface area contributed by atoms with E-state index in [-0.39, 0.29) is 12.8 Å². The highest BCUT2D eigenvalue weighted by atomic mass is 35.5. The van der Waals surface area contributed by atoms with Gasteiger partial charge in [-0.1, -0.05) is 30.7 Å². The molecule has 0 aliphatic carbocycles. The number of benzene rings is 1. The quantitative estimate of drug-likeness (QED) is 0.597. The zero-order valence-corrected chi connectivity index (χ0v) is 15.8. The summed E-state index contributed by atoms with van der Waals surface area (Å²) < 4.78 is 0. The van der Waals surface area contributed by atoms with Crippen LogP contribution >= 0.6 is 11.6 Å². The number of H-pyrrole nitrogens is 1. The number of aryl methyl sites for hydroxylation is 1. The fourth-order valence-electron chi connectivity index (χ4n) is 2.33. The average molecular weight is 395 g/mol. The van der Waals surface area contributed by atoms with Gasteiger partial charge in [-0.15, -0.1) is 4.98 Å². The number of nitrogens with one attached hydrogen (secondary N) is 1. The van der Waals surface area contributed by atoms with Crippen LogP contribution in [0.15, 0.2) is 24.3 Å². The predicted molar refractivity (Wildman–Crippen MR) is 101 cm³/mol. The maximum absolute atomic E-state index is 9.88. The first-order chi connectivity index (χ1) is 12.7. The van der Waals surface area contributed by atoms with E-state index < -0.39 is 11.9 Å². The predicted octanol–water partition coefficient (Wildman–Crippen LogP) is 1.32. The third kappa shape index (κ3) is 7.91. The molecule has 1 aromatic carbocycles. The minimum atomic E-state index is -1.12. The van der Waals surface area contributed by atoms with Gasteiger partial charge in [0, 0.05) is 17.4 Å². The van der Waals surface area contributed by atoms with Crippen LogP contribution in [-0.4, -0.2) is 22.0 Å². The number of hydrogen-bond acceptors (Lipinski definition) is 6. The summed E-state index contributed by atoms with van der Waals surface area (Å²) in [6, 6.07) is 7.48. The van der Waals surface area contributed by atoms with E-state index in [1.165, 1.54) is 0 Å². The highest BCUT2D eigenvalue weighted by Crippen LogP contribution is 2.27. The van der Waals surface area contributed by atoms with Gasteiger partial charge in [0.25, 0.3) is 0 Å². The SMILES string of the molecule is CCc1nc(N)[nH+]c(N)c1-c1ccc(Cl)cc1.O=C([O-])CCCCC(=O)O. The minimum absolute atomic E-state index is 0.0350. The third-order valence-electron chi connectivity index (χ3n) is 3.57. The first kappa shape index (κ1) is 22.2. The maximum atomic E-state index is 9.88. The number of carbonyl (C=O) groups excluding carboxylic acids is 1. The van der Waals surface area contributed by atoms with Crippen LogP contribution < -0.4 is 21.6 Å². The van der Waals surface area contributed by atoms with E-state index in [0.29, 0.717) is 29.6 Å². The molecule has 0 aliphatic rings. The van der Waals surface area contributed by atoms with Crippen LogP contribution in [0, 0.1) is 0 Å². The van der Waals surface area contributed by atoms with Crippen molar-refractivity contribution in [1.82, 2.24) is 4.98 Å². The zero-order valence-electron chi connectivity index (χ0n) is 15.0. The van der Waals surface area contributed by atoms with Crippen molar-refractivity contribution in [3.63, 3.8) is 0 Å². The van der Waals surface area contributed by atoms with Crippen LogP contribution in [0.3, 0.4) is 0 Å². The molecule has 1 aromatic heterocycles. The average Bonchev–Trinajstić information content (AvgIpc) is 2.59. The second-order valence-corrected chi connectivity index (χ2v) is 6.13. The smallest absolute Gasteiger partial charge is 0.342 e. The van der Waals surface area contributed by atoms with Crippen LogP contribution in [0.5, 0.6) is 0 Å². The number of nitrogen functional groups attached to an aromatic ring is 2. The molecule has 6 N–H and O–H groups in total. The second kappa shape index (κ2) is 11.0. The molecule has 2 rings (SSSR count). The van der Waals surface area contributed by atoms with Crippen molar-refractivity contribution in [2.24, 2.45) is 0 Å². The van der Waals surface area contributed by atoms with Crippen LogP contribution in [-0.2, 0) is 16.0 Å². The highest BCUT2D eigenvalue weighted by molar-refractivity contribution is 6.30. The number of halogens is 1. The van der Waals surface area contributed by atoms with Gasteiger partial charge in [-0.2, -0.15) is 0 Å². The topological polar surface area (TPSA) is 156 Å². The number of carbonyl (C=O) groups is 2. The summed E-state index contributed by atoms with van der Waals surface area (Å²) in [6.45, 7) is 2.01. The van der Waals surface area contributed by atoms with Gasteiger partial charge in [0.15, 0.2) is 0 Å². The molecule has 0 bridgehead atoms. The monoisotopic (exact) mass is 394 g/mol. The summed E-state index contributed by atoms with van der Waals surface area (Å²) in [5, 5.41) is 18.6. The molecule has 9 heteroatoms. The number of anilines is 2. The molecule has 0 saturated heterocycles. The van der Waals surface area contributed by atoms with Gasteiger partial charge in [-0.05, 0) is 43.4 Å². The number of aromatic amines is 1. The highest BCUT2D eigenvalue weighted by Gasteiger charge is 2.15. The van der Waals surface area contributed by atoms with Gasteiger partial charge in [-0.3, -0.25) is 4.79 Å². The summed E-state index contributed by atoms with van der Waals surface area (Å²) in [6.07, 6.45) is 1.54. The number of nitrogens with two attached hydrogens (primary N) is 2. The van der Waals surface area contributed by atoms with Crippen LogP contribution in [0.2, 0.25) is 5.02 Å². The maximum Gasteiger partial charge on any atom is 0.342 e. The Labute approximate surface area is 162 Å². The molecular formula is C18H23ClN4O4. The Hall–Kier alpha value is -2.87.